The van der Waals surface area contributed by atoms with E-state index in [9.17, 15) is 14.9 Å². The third-order valence-electron chi connectivity index (χ3n) is 3.43. The maximum absolute atomic E-state index is 11.9. The number of aromatic nitrogens is 3. The molecule has 0 saturated carbocycles. The summed E-state index contributed by atoms with van der Waals surface area (Å²) in [5.74, 6) is 0.109. The molecule has 1 aromatic carbocycles. The first-order valence-electron chi connectivity index (χ1n) is 7.32. The fraction of sp³-hybridized carbons (Fsp3) is 0.188. The first kappa shape index (κ1) is 15.6. The smallest absolute Gasteiger partial charge is 0.326 e. The Morgan fingerprint density at radius 2 is 2.04 bits per heavy atom. The molecule has 0 aliphatic heterocycles. The average Bonchev–Trinajstić information content (AvgIpc) is 2.94. The van der Waals surface area contributed by atoms with E-state index < -0.39 is 10.9 Å². The lowest BCUT2D eigenvalue weighted by Crippen LogP contribution is -2.14. The van der Waals surface area contributed by atoms with Crippen LogP contribution in [0.4, 0.5) is 5.69 Å². The number of rotatable bonds is 5. The van der Waals surface area contributed by atoms with Gasteiger partial charge in [0.15, 0.2) is 5.65 Å². The normalized spacial score (nSPS) is 10.7. The molecule has 0 saturated heterocycles. The standard InChI is InChI=1S/C16H14N4O4/c1-2-24-14(21)10-19-15(18-13-4-3-9-17-16(13)19)11-5-7-12(8-6-11)20(22)23/h3-9H,2,10H2,1H3. The van der Waals surface area contributed by atoms with Gasteiger partial charge in [0.1, 0.15) is 17.9 Å². The second-order valence-corrected chi connectivity index (χ2v) is 4.98. The second kappa shape index (κ2) is 6.45. The topological polar surface area (TPSA) is 100 Å². The van der Waals surface area contributed by atoms with Crippen molar-refractivity contribution in [1.82, 2.24) is 14.5 Å². The van der Waals surface area contributed by atoms with Crippen LogP contribution in [0.25, 0.3) is 22.6 Å². The summed E-state index contributed by atoms with van der Waals surface area (Å²) in [6.45, 7) is 1.98. The van der Waals surface area contributed by atoms with E-state index in [1.807, 2.05) is 0 Å². The molecule has 0 spiro atoms. The van der Waals surface area contributed by atoms with Crippen molar-refractivity contribution in [3.8, 4) is 11.4 Å². The van der Waals surface area contributed by atoms with Crippen molar-refractivity contribution in [3.63, 3.8) is 0 Å². The van der Waals surface area contributed by atoms with Gasteiger partial charge in [-0.3, -0.25) is 19.5 Å². The fourth-order valence-electron chi connectivity index (χ4n) is 2.40. The van der Waals surface area contributed by atoms with Gasteiger partial charge in [-0.25, -0.2) is 9.97 Å². The number of non-ortho nitro benzene ring substituents is 1. The molecule has 0 atom stereocenters. The molecule has 0 bridgehead atoms. The number of nitro groups is 1. The SMILES string of the molecule is CCOC(=O)Cn1c(-c2ccc([N+](=O)[O-])cc2)nc2cccnc21. The van der Waals surface area contributed by atoms with Crippen LogP contribution >= 0.6 is 0 Å². The Kier molecular flexibility index (Phi) is 4.19. The molecule has 0 aliphatic rings. The molecule has 8 nitrogen and oxygen atoms in total. The third-order valence-corrected chi connectivity index (χ3v) is 3.43. The van der Waals surface area contributed by atoms with Gasteiger partial charge in [0, 0.05) is 23.9 Å². The van der Waals surface area contributed by atoms with Gasteiger partial charge in [-0.05, 0) is 31.2 Å². The quantitative estimate of drug-likeness (QED) is 0.406. The number of hydrogen-bond acceptors (Lipinski definition) is 6. The Morgan fingerprint density at radius 3 is 2.71 bits per heavy atom. The van der Waals surface area contributed by atoms with E-state index in [1.165, 1.54) is 12.1 Å². The first-order valence-corrected chi connectivity index (χ1v) is 7.32. The fourth-order valence-corrected chi connectivity index (χ4v) is 2.40. The number of pyridine rings is 1. The zero-order chi connectivity index (χ0) is 17.1. The Hall–Kier alpha value is -3.29. The predicted molar refractivity (Wildman–Crippen MR) is 86.3 cm³/mol. The van der Waals surface area contributed by atoms with Crippen LogP contribution in [0, 0.1) is 10.1 Å². The van der Waals surface area contributed by atoms with E-state index >= 15 is 0 Å². The molecule has 3 aromatic rings. The van der Waals surface area contributed by atoms with Crippen LogP contribution in [0.2, 0.25) is 0 Å². The van der Waals surface area contributed by atoms with Crippen LogP contribution in [0.3, 0.4) is 0 Å². The number of imidazole rings is 1. The molecule has 0 amide bonds. The molecule has 0 radical (unpaired) electrons. The minimum absolute atomic E-state index is 0.00933. The number of esters is 1. The summed E-state index contributed by atoms with van der Waals surface area (Å²) in [5, 5.41) is 10.8. The van der Waals surface area contributed by atoms with Gasteiger partial charge in [-0.15, -0.1) is 0 Å². The number of hydrogen-bond donors (Lipinski definition) is 0. The molecule has 8 heteroatoms. The van der Waals surface area contributed by atoms with Crippen molar-refractivity contribution < 1.29 is 14.5 Å². The molecule has 0 N–H and O–H groups in total. The Bertz CT molecular complexity index is 902. The van der Waals surface area contributed by atoms with Crippen LogP contribution < -0.4 is 0 Å². The molecular formula is C16H14N4O4. The van der Waals surface area contributed by atoms with Gasteiger partial charge in [-0.1, -0.05) is 0 Å². The molecule has 2 heterocycles. The van der Waals surface area contributed by atoms with Crippen LogP contribution in [-0.2, 0) is 16.1 Å². The summed E-state index contributed by atoms with van der Waals surface area (Å²) in [6, 6.07) is 9.54. The molecule has 0 fully saturated rings. The predicted octanol–water partition coefficient (Wildman–Crippen LogP) is 2.57. The Labute approximate surface area is 136 Å². The second-order valence-electron chi connectivity index (χ2n) is 4.98. The highest BCUT2D eigenvalue weighted by Crippen LogP contribution is 2.25. The maximum atomic E-state index is 11.9. The number of ether oxygens (including phenoxy) is 1. The summed E-state index contributed by atoms with van der Waals surface area (Å²) < 4.78 is 6.65. The summed E-state index contributed by atoms with van der Waals surface area (Å²) >= 11 is 0. The van der Waals surface area contributed by atoms with E-state index in [4.69, 9.17) is 4.74 Å². The van der Waals surface area contributed by atoms with E-state index in [0.29, 0.717) is 22.6 Å². The molecule has 2 aromatic heterocycles. The summed E-state index contributed by atoms with van der Waals surface area (Å²) in [7, 11) is 0. The van der Waals surface area contributed by atoms with Gasteiger partial charge in [0.05, 0.1) is 11.5 Å². The zero-order valence-corrected chi connectivity index (χ0v) is 12.9. The lowest BCUT2D eigenvalue weighted by molar-refractivity contribution is -0.384. The van der Waals surface area contributed by atoms with Gasteiger partial charge in [-0.2, -0.15) is 0 Å². The van der Waals surface area contributed by atoms with Gasteiger partial charge >= 0.3 is 5.97 Å². The lowest BCUT2D eigenvalue weighted by atomic mass is 10.2. The largest absolute Gasteiger partial charge is 0.465 e. The number of carbonyl (C=O) groups excluding carboxylic acids is 1. The van der Waals surface area contributed by atoms with Gasteiger partial charge in [0.2, 0.25) is 0 Å². The van der Waals surface area contributed by atoms with Crippen molar-refractivity contribution in [2.24, 2.45) is 0 Å². The molecule has 0 aliphatic carbocycles. The first-order chi connectivity index (χ1) is 11.6. The van der Waals surface area contributed by atoms with Gasteiger partial charge < -0.3 is 4.74 Å². The highest BCUT2D eigenvalue weighted by molar-refractivity contribution is 5.80. The van der Waals surface area contributed by atoms with Crippen molar-refractivity contribution in [3.05, 3.63) is 52.7 Å². The van der Waals surface area contributed by atoms with Crippen LogP contribution in [0.5, 0.6) is 0 Å². The van der Waals surface area contributed by atoms with Crippen molar-refractivity contribution in [2.45, 2.75) is 13.5 Å². The average molecular weight is 326 g/mol. The highest BCUT2D eigenvalue weighted by atomic mass is 16.6. The Morgan fingerprint density at radius 1 is 1.29 bits per heavy atom. The maximum Gasteiger partial charge on any atom is 0.326 e. The van der Waals surface area contributed by atoms with E-state index in [2.05, 4.69) is 9.97 Å². The number of nitro benzene ring substituents is 1. The van der Waals surface area contributed by atoms with Crippen LogP contribution in [-0.4, -0.2) is 32.0 Å². The number of nitrogens with zero attached hydrogens (tertiary/aromatic N) is 4. The summed E-state index contributed by atoms with van der Waals surface area (Å²) in [4.78, 5) is 31.0. The molecule has 24 heavy (non-hydrogen) atoms. The zero-order valence-electron chi connectivity index (χ0n) is 12.9. The number of fused-ring (bicyclic) bond motifs is 1. The van der Waals surface area contributed by atoms with Crippen molar-refractivity contribution in [1.29, 1.82) is 0 Å². The molecular weight excluding hydrogens is 312 g/mol. The number of carbonyl (C=O) groups is 1. The van der Waals surface area contributed by atoms with E-state index in [1.54, 1.807) is 42.0 Å². The van der Waals surface area contributed by atoms with Crippen LogP contribution in [0.15, 0.2) is 42.6 Å². The van der Waals surface area contributed by atoms with Crippen LogP contribution in [0.1, 0.15) is 6.92 Å². The van der Waals surface area contributed by atoms with E-state index in [-0.39, 0.29) is 18.8 Å². The molecule has 3 rings (SSSR count). The summed E-state index contributed by atoms with van der Waals surface area (Å²) in [5.41, 5.74) is 1.84. The minimum atomic E-state index is -0.465. The lowest BCUT2D eigenvalue weighted by Gasteiger charge is -2.08. The minimum Gasteiger partial charge on any atom is -0.465 e. The van der Waals surface area contributed by atoms with Crippen molar-refractivity contribution >= 4 is 22.8 Å². The van der Waals surface area contributed by atoms with Gasteiger partial charge in [0.25, 0.3) is 5.69 Å². The molecule has 122 valence electrons. The highest BCUT2D eigenvalue weighted by Gasteiger charge is 2.17. The number of benzene rings is 1. The molecule has 0 unspecified atom stereocenters. The van der Waals surface area contributed by atoms with E-state index in [0.717, 1.165) is 0 Å². The van der Waals surface area contributed by atoms with Crippen molar-refractivity contribution in [2.75, 3.05) is 6.61 Å². The third kappa shape index (κ3) is 2.94. The Balaban J connectivity index is 2.08. The monoisotopic (exact) mass is 326 g/mol. The summed E-state index contributed by atoms with van der Waals surface area (Å²) in [6.07, 6.45) is 1.62.